The largest absolute Gasteiger partial charge is 0.386 e. The minimum atomic E-state index is -0.616. The second-order valence-corrected chi connectivity index (χ2v) is 3.75. The third-order valence-corrected chi connectivity index (χ3v) is 2.89. The molecular weight excluding hydrogens is 152 g/mol. The first-order valence-corrected chi connectivity index (χ1v) is 4.49. The van der Waals surface area contributed by atoms with Gasteiger partial charge in [0.05, 0.1) is 11.7 Å². The van der Waals surface area contributed by atoms with Crippen molar-refractivity contribution >= 4 is 0 Å². The monoisotopic (exact) mass is 170 g/mol. The van der Waals surface area contributed by atoms with Gasteiger partial charge in [0.15, 0.2) is 0 Å². The second kappa shape index (κ2) is 3.58. The third-order valence-electron chi connectivity index (χ3n) is 2.89. The summed E-state index contributed by atoms with van der Waals surface area (Å²) in [4.78, 5) is 0. The molecule has 70 valence electrons. The van der Waals surface area contributed by atoms with Crippen LogP contribution < -0.4 is 0 Å². The minimum absolute atomic E-state index is 0.338. The summed E-state index contributed by atoms with van der Waals surface area (Å²) >= 11 is 0. The van der Waals surface area contributed by atoms with Gasteiger partial charge in [0, 0.05) is 7.11 Å². The van der Waals surface area contributed by atoms with E-state index in [-0.39, 0.29) is 0 Å². The zero-order valence-corrected chi connectivity index (χ0v) is 7.97. The SMILES string of the molecule is C=C(C)C1(O)CCC(OC)CC1. The van der Waals surface area contributed by atoms with Crippen LogP contribution in [0, 0.1) is 0 Å². The molecule has 0 aliphatic heterocycles. The van der Waals surface area contributed by atoms with Crippen molar-refractivity contribution in [2.24, 2.45) is 0 Å². The molecular formula is C10H18O2. The Morgan fingerprint density at radius 2 is 2.00 bits per heavy atom. The van der Waals surface area contributed by atoms with Crippen molar-refractivity contribution in [2.75, 3.05) is 7.11 Å². The van der Waals surface area contributed by atoms with Crippen molar-refractivity contribution in [1.82, 2.24) is 0 Å². The van der Waals surface area contributed by atoms with Crippen molar-refractivity contribution in [2.45, 2.75) is 44.3 Å². The maximum Gasteiger partial charge on any atom is 0.0853 e. The zero-order chi connectivity index (χ0) is 9.19. The van der Waals surface area contributed by atoms with Gasteiger partial charge >= 0.3 is 0 Å². The van der Waals surface area contributed by atoms with Crippen LogP contribution in [0.3, 0.4) is 0 Å². The molecule has 0 heterocycles. The third kappa shape index (κ3) is 1.87. The van der Waals surface area contributed by atoms with Crippen molar-refractivity contribution in [3.8, 4) is 0 Å². The molecule has 0 saturated heterocycles. The van der Waals surface area contributed by atoms with E-state index < -0.39 is 5.60 Å². The lowest BCUT2D eigenvalue weighted by atomic mass is 9.79. The van der Waals surface area contributed by atoms with Gasteiger partial charge in [-0.1, -0.05) is 6.58 Å². The number of rotatable bonds is 2. The van der Waals surface area contributed by atoms with E-state index in [1.807, 2.05) is 6.92 Å². The highest BCUT2D eigenvalue weighted by molar-refractivity contribution is 5.10. The summed E-state index contributed by atoms with van der Waals surface area (Å²) in [6, 6.07) is 0. The molecule has 1 N–H and O–H groups in total. The highest BCUT2D eigenvalue weighted by atomic mass is 16.5. The zero-order valence-electron chi connectivity index (χ0n) is 7.97. The van der Waals surface area contributed by atoms with E-state index in [0.29, 0.717) is 6.10 Å². The van der Waals surface area contributed by atoms with Crippen LogP contribution in [0.25, 0.3) is 0 Å². The van der Waals surface area contributed by atoms with Gasteiger partial charge in [0.1, 0.15) is 0 Å². The molecule has 2 heteroatoms. The number of hydrogen-bond donors (Lipinski definition) is 1. The Labute approximate surface area is 74.2 Å². The van der Waals surface area contributed by atoms with Gasteiger partial charge in [-0.05, 0) is 38.2 Å². The Morgan fingerprint density at radius 1 is 1.50 bits per heavy atom. The van der Waals surface area contributed by atoms with E-state index in [2.05, 4.69) is 6.58 Å². The smallest absolute Gasteiger partial charge is 0.0853 e. The molecule has 0 atom stereocenters. The molecule has 1 aliphatic carbocycles. The first-order valence-electron chi connectivity index (χ1n) is 4.49. The van der Waals surface area contributed by atoms with Gasteiger partial charge in [0.2, 0.25) is 0 Å². The molecule has 0 aromatic heterocycles. The number of methoxy groups -OCH3 is 1. The lowest BCUT2D eigenvalue weighted by Crippen LogP contribution is -2.36. The quantitative estimate of drug-likeness (QED) is 0.641. The highest BCUT2D eigenvalue weighted by Crippen LogP contribution is 2.34. The van der Waals surface area contributed by atoms with E-state index >= 15 is 0 Å². The van der Waals surface area contributed by atoms with Crippen molar-refractivity contribution in [3.05, 3.63) is 12.2 Å². The molecule has 1 rings (SSSR count). The van der Waals surface area contributed by atoms with Crippen LogP contribution in [0.2, 0.25) is 0 Å². The van der Waals surface area contributed by atoms with Crippen molar-refractivity contribution in [3.63, 3.8) is 0 Å². The fraction of sp³-hybridized carbons (Fsp3) is 0.800. The van der Waals surface area contributed by atoms with Crippen LogP contribution in [-0.2, 0) is 4.74 Å². The maximum atomic E-state index is 10.0. The standard InChI is InChI=1S/C10H18O2/c1-8(2)10(11)6-4-9(12-3)5-7-10/h9,11H,1,4-7H2,2-3H3. The first kappa shape index (κ1) is 9.75. The summed E-state index contributed by atoms with van der Waals surface area (Å²) in [5.74, 6) is 0. The minimum Gasteiger partial charge on any atom is -0.386 e. The van der Waals surface area contributed by atoms with Crippen molar-refractivity contribution < 1.29 is 9.84 Å². The van der Waals surface area contributed by atoms with Gasteiger partial charge in [0.25, 0.3) is 0 Å². The molecule has 0 unspecified atom stereocenters. The number of aliphatic hydroxyl groups is 1. The Bertz CT molecular complexity index is 167. The predicted molar refractivity (Wildman–Crippen MR) is 49.0 cm³/mol. The van der Waals surface area contributed by atoms with E-state index in [4.69, 9.17) is 4.74 Å². The molecule has 0 radical (unpaired) electrons. The molecule has 0 bridgehead atoms. The van der Waals surface area contributed by atoms with Crippen LogP contribution in [0.1, 0.15) is 32.6 Å². The molecule has 1 saturated carbocycles. The molecule has 0 amide bonds. The van der Waals surface area contributed by atoms with Gasteiger partial charge in [-0.25, -0.2) is 0 Å². The van der Waals surface area contributed by atoms with Crippen LogP contribution in [0.15, 0.2) is 12.2 Å². The van der Waals surface area contributed by atoms with Gasteiger partial charge in [-0.2, -0.15) is 0 Å². The molecule has 0 aromatic carbocycles. The maximum absolute atomic E-state index is 10.0. The molecule has 2 nitrogen and oxygen atoms in total. The summed E-state index contributed by atoms with van der Waals surface area (Å²) in [7, 11) is 1.73. The summed E-state index contributed by atoms with van der Waals surface area (Å²) < 4.78 is 5.22. The number of ether oxygens (including phenoxy) is 1. The summed E-state index contributed by atoms with van der Waals surface area (Å²) in [5.41, 5.74) is 0.270. The average Bonchev–Trinajstić information content (AvgIpc) is 2.06. The molecule has 0 aromatic rings. The Kier molecular flexibility index (Phi) is 2.91. The Balaban J connectivity index is 2.49. The van der Waals surface area contributed by atoms with E-state index in [0.717, 1.165) is 31.3 Å². The Morgan fingerprint density at radius 3 is 2.33 bits per heavy atom. The lowest BCUT2D eigenvalue weighted by molar-refractivity contribution is -0.0200. The fourth-order valence-corrected chi connectivity index (χ4v) is 1.73. The molecule has 1 fully saturated rings. The lowest BCUT2D eigenvalue weighted by Gasteiger charge is -2.35. The topological polar surface area (TPSA) is 29.5 Å². The number of hydrogen-bond acceptors (Lipinski definition) is 2. The first-order chi connectivity index (χ1) is 5.58. The van der Waals surface area contributed by atoms with Gasteiger partial charge in [-0.15, -0.1) is 0 Å². The fourth-order valence-electron chi connectivity index (χ4n) is 1.73. The van der Waals surface area contributed by atoms with Crippen LogP contribution in [-0.4, -0.2) is 23.9 Å². The van der Waals surface area contributed by atoms with Crippen LogP contribution >= 0.6 is 0 Å². The molecule has 1 aliphatic rings. The van der Waals surface area contributed by atoms with E-state index in [1.165, 1.54) is 0 Å². The second-order valence-electron chi connectivity index (χ2n) is 3.75. The van der Waals surface area contributed by atoms with E-state index in [1.54, 1.807) is 7.11 Å². The van der Waals surface area contributed by atoms with Crippen molar-refractivity contribution in [1.29, 1.82) is 0 Å². The van der Waals surface area contributed by atoms with Gasteiger partial charge in [-0.3, -0.25) is 0 Å². The average molecular weight is 170 g/mol. The Hall–Kier alpha value is -0.340. The summed E-state index contributed by atoms with van der Waals surface area (Å²) in [6.45, 7) is 5.71. The van der Waals surface area contributed by atoms with Crippen LogP contribution in [0.4, 0.5) is 0 Å². The highest BCUT2D eigenvalue weighted by Gasteiger charge is 2.33. The summed E-state index contributed by atoms with van der Waals surface area (Å²) in [6.07, 6.45) is 3.81. The summed E-state index contributed by atoms with van der Waals surface area (Å²) in [5, 5.41) is 10.0. The van der Waals surface area contributed by atoms with Gasteiger partial charge < -0.3 is 9.84 Å². The molecule has 0 spiro atoms. The van der Waals surface area contributed by atoms with Crippen LogP contribution in [0.5, 0.6) is 0 Å². The molecule has 12 heavy (non-hydrogen) atoms. The van der Waals surface area contributed by atoms with E-state index in [9.17, 15) is 5.11 Å². The predicted octanol–water partition coefficient (Wildman–Crippen LogP) is 1.88. The normalized spacial score (nSPS) is 36.4.